The molecule has 1 fully saturated rings. The molecule has 114 valence electrons. The molecular formula is C15H19NO5. The van der Waals surface area contributed by atoms with E-state index < -0.39 is 6.10 Å². The molecule has 1 aromatic rings. The Morgan fingerprint density at radius 3 is 2.90 bits per heavy atom. The van der Waals surface area contributed by atoms with Crippen LogP contribution in [0.3, 0.4) is 0 Å². The molecule has 0 bridgehead atoms. The number of hydrogen-bond donors (Lipinski definition) is 2. The van der Waals surface area contributed by atoms with E-state index in [0.29, 0.717) is 36.7 Å². The first-order valence-electron chi connectivity index (χ1n) is 7.11. The summed E-state index contributed by atoms with van der Waals surface area (Å²) in [6, 6.07) is 4.92. The number of aliphatic hydroxyl groups is 1. The van der Waals surface area contributed by atoms with Gasteiger partial charge in [-0.3, -0.25) is 4.79 Å². The van der Waals surface area contributed by atoms with Crippen molar-refractivity contribution in [1.82, 2.24) is 5.32 Å². The number of hydrogen-bond acceptors (Lipinski definition) is 5. The van der Waals surface area contributed by atoms with Crippen molar-refractivity contribution in [3.63, 3.8) is 0 Å². The summed E-state index contributed by atoms with van der Waals surface area (Å²) >= 11 is 0. The number of rotatable bonds is 3. The summed E-state index contributed by atoms with van der Waals surface area (Å²) in [6.45, 7) is 0.907. The smallest absolute Gasteiger partial charge is 0.255 e. The van der Waals surface area contributed by atoms with Crippen LogP contribution in [0.1, 0.15) is 23.2 Å². The molecule has 1 aliphatic heterocycles. The van der Waals surface area contributed by atoms with Gasteiger partial charge < -0.3 is 24.6 Å². The van der Waals surface area contributed by atoms with Crippen molar-refractivity contribution < 1.29 is 24.1 Å². The molecule has 0 saturated heterocycles. The molecule has 0 unspecified atom stereocenters. The van der Waals surface area contributed by atoms with Gasteiger partial charge in [0, 0.05) is 7.11 Å². The van der Waals surface area contributed by atoms with Gasteiger partial charge in [-0.15, -0.1) is 0 Å². The maximum absolute atomic E-state index is 12.4. The quantitative estimate of drug-likeness (QED) is 0.859. The minimum atomic E-state index is -0.685. The molecule has 1 heterocycles. The molecule has 1 saturated carbocycles. The van der Waals surface area contributed by atoms with E-state index in [-0.39, 0.29) is 18.1 Å². The second-order valence-corrected chi connectivity index (χ2v) is 5.25. The molecule has 0 aromatic heterocycles. The number of para-hydroxylation sites is 1. The molecule has 1 aliphatic carbocycles. The first-order chi connectivity index (χ1) is 10.2. The molecule has 3 atom stereocenters. The van der Waals surface area contributed by atoms with Crippen LogP contribution in [0.2, 0.25) is 0 Å². The van der Waals surface area contributed by atoms with Gasteiger partial charge in [0.25, 0.3) is 5.91 Å². The van der Waals surface area contributed by atoms with Gasteiger partial charge in [0.1, 0.15) is 19.3 Å². The Morgan fingerprint density at radius 1 is 1.33 bits per heavy atom. The highest BCUT2D eigenvalue weighted by atomic mass is 16.6. The van der Waals surface area contributed by atoms with Gasteiger partial charge in [-0.1, -0.05) is 6.07 Å². The van der Waals surface area contributed by atoms with Crippen LogP contribution in [0, 0.1) is 0 Å². The van der Waals surface area contributed by atoms with Crippen LogP contribution in [-0.4, -0.2) is 49.6 Å². The summed E-state index contributed by atoms with van der Waals surface area (Å²) in [4.78, 5) is 12.4. The lowest BCUT2D eigenvalue weighted by atomic mass is 10.1. The average Bonchev–Trinajstić information content (AvgIpc) is 2.87. The topological polar surface area (TPSA) is 77.0 Å². The van der Waals surface area contributed by atoms with E-state index in [2.05, 4.69) is 5.32 Å². The van der Waals surface area contributed by atoms with Crippen molar-refractivity contribution in [3.8, 4) is 11.5 Å². The van der Waals surface area contributed by atoms with Crippen LogP contribution in [0.15, 0.2) is 18.2 Å². The van der Waals surface area contributed by atoms with E-state index in [9.17, 15) is 9.90 Å². The van der Waals surface area contributed by atoms with Crippen molar-refractivity contribution in [2.24, 2.45) is 0 Å². The Labute approximate surface area is 123 Å². The summed E-state index contributed by atoms with van der Waals surface area (Å²) < 4.78 is 16.2. The number of benzene rings is 1. The van der Waals surface area contributed by atoms with E-state index in [0.717, 1.165) is 6.42 Å². The zero-order chi connectivity index (χ0) is 14.8. The number of fused-ring (bicyclic) bond motifs is 1. The summed E-state index contributed by atoms with van der Waals surface area (Å²) in [5, 5.41) is 12.9. The first kappa shape index (κ1) is 14.2. The van der Waals surface area contributed by atoms with Gasteiger partial charge in [-0.2, -0.15) is 0 Å². The Bertz CT molecular complexity index is 533. The molecule has 0 radical (unpaired) electrons. The Kier molecular flexibility index (Phi) is 3.98. The second-order valence-electron chi connectivity index (χ2n) is 5.25. The molecule has 6 heteroatoms. The van der Waals surface area contributed by atoms with Crippen LogP contribution >= 0.6 is 0 Å². The zero-order valence-electron chi connectivity index (χ0n) is 11.9. The fourth-order valence-electron chi connectivity index (χ4n) is 2.86. The molecule has 2 aliphatic rings. The van der Waals surface area contributed by atoms with E-state index >= 15 is 0 Å². The van der Waals surface area contributed by atoms with Crippen LogP contribution in [-0.2, 0) is 4.74 Å². The molecule has 1 amide bonds. The van der Waals surface area contributed by atoms with Gasteiger partial charge >= 0.3 is 0 Å². The lowest BCUT2D eigenvalue weighted by Gasteiger charge is -2.23. The maximum Gasteiger partial charge on any atom is 0.255 e. The Balaban J connectivity index is 1.74. The highest BCUT2D eigenvalue weighted by Crippen LogP contribution is 2.34. The standard InChI is InChI=1S/C15H19NO5/c1-19-11-6-5-10(13(11)17)16-15(18)9-3-2-4-12-14(9)21-8-7-20-12/h2-4,10-11,13,17H,5-8H2,1H3,(H,16,18)/t10-,11-,13-/m1/s1. The number of methoxy groups -OCH3 is 1. The summed E-state index contributed by atoms with van der Waals surface area (Å²) in [7, 11) is 1.57. The van der Waals surface area contributed by atoms with Gasteiger partial charge in [-0.05, 0) is 25.0 Å². The molecular weight excluding hydrogens is 274 g/mol. The molecule has 2 N–H and O–H groups in total. The zero-order valence-corrected chi connectivity index (χ0v) is 11.9. The molecule has 3 rings (SSSR count). The van der Waals surface area contributed by atoms with Crippen LogP contribution in [0.4, 0.5) is 0 Å². The predicted octanol–water partition coefficient (Wildman–Crippen LogP) is 0.726. The minimum Gasteiger partial charge on any atom is -0.486 e. The van der Waals surface area contributed by atoms with Gasteiger partial charge in [0.05, 0.1) is 17.7 Å². The minimum absolute atomic E-state index is 0.223. The normalized spacial score (nSPS) is 27.4. The monoisotopic (exact) mass is 293 g/mol. The van der Waals surface area contributed by atoms with Crippen molar-refractivity contribution >= 4 is 5.91 Å². The summed E-state index contributed by atoms with van der Waals surface area (Å²) in [5.74, 6) is 0.783. The number of ether oxygens (including phenoxy) is 3. The third-order valence-corrected chi connectivity index (χ3v) is 3.99. The SMILES string of the molecule is CO[C@@H]1CC[C@@H](NC(=O)c2cccc3c2OCCO3)[C@H]1O. The molecule has 1 aromatic carbocycles. The van der Waals surface area contributed by atoms with Crippen LogP contribution < -0.4 is 14.8 Å². The van der Waals surface area contributed by atoms with E-state index in [1.165, 1.54) is 0 Å². The first-order valence-corrected chi connectivity index (χ1v) is 7.11. The fourth-order valence-corrected chi connectivity index (χ4v) is 2.86. The van der Waals surface area contributed by atoms with Crippen LogP contribution in [0.25, 0.3) is 0 Å². The van der Waals surface area contributed by atoms with E-state index in [1.54, 1.807) is 25.3 Å². The van der Waals surface area contributed by atoms with Gasteiger partial charge in [0.2, 0.25) is 0 Å². The third-order valence-electron chi connectivity index (χ3n) is 3.99. The van der Waals surface area contributed by atoms with E-state index in [4.69, 9.17) is 14.2 Å². The van der Waals surface area contributed by atoms with E-state index in [1.807, 2.05) is 0 Å². The molecule has 6 nitrogen and oxygen atoms in total. The number of carbonyl (C=O) groups is 1. The number of aliphatic hydroxyl groups excluding tert-OH is 1. The van der Waals surface area contributed by atoms with Gasteiger partial charge in [0.15, 0.2) is 11.5 Å². The Morgan fingerprint density at radius 2 is 2.14 bits per heavy atom. The highest BCUT2D eigenvalue weighted by molar-refractivity contribution is 5.98. The number of nitrogens with one attached hydrogen (secondary N) is 1. The lowest BCUT2D eigenvalue weighted by Crippen LogP contribution is -2.43. The Hall–Kier alpha value is -1.79. The highest BCUT2D eigenvalue weighted by Gasteiger charge is 2.36. The van der Waals surface area contributed by atoms with Gasteiger partial charge in [-0.25, -0.2) is 0 Å². The number of carbonyl (C=O) groups excluding carboxylic acids is 1. The van der Waals surface area contributed by atoms with Crippen molar-refractivity contribution in [2.75, 3.05) is 20.3 Å². The second kappa shape index (κ2) is 5.91. The van der Waals surface area contributed by atoms with Crippen LogP contribution in [0.5, 0.6) is 11.5 Å². The predicted molar refractivity (Wildman–Crippen MR) is 74.7 cm³/mol. The summed E-state index contributed by atoms with van der Waals surface area (Å²) in [6.07, 6.45) is 0.516. The van der Waals surface area contributed by atoms with Crippen molar-refractivity contribution in [2.45, 2.75) is 31.1 Å². The lowest BCUT2D eigenvalue weighted by molar-refractivity contribution is 0.000181. The maximum atomic E-state index is 12.4. The summed E-state index contributed by atoms with van der Waals surface area (Å²) in [5.41, 5.74) is 0.431. The van der Waals surface area contributed by atoms with Crippen molar-refractivity contribution in [1.29, 1.82) is 0 Å². The number of amides is 1. The molecule has 0 spiro atoms. The van der Waals surface area contributed by atoms with Crippen molar-refractivity contribution in [3.05, 3.63) is 23.8 Å². The fraction of sp³-hybridized carbons (Fsp3) is 0.533. The average molecular weight is 293 g/mol. The largest absolute Gasteiger partial charge is 0.486 e. The third kappa shape index (κ3) is 2.69. The molecule has 21 heavy (non-hydrogen) atoms.